The monoisotopic (exact) mass is 300 g/mol. The highest BCUT2D eigenvalue weighted by atomic mass is 16.8. The molecule has 0 bridgehead atoms. The summed E-state index contributed by atoms with van der Waals surface area (Å²) in [5.74, 6) is -0.829. The first kappa shape index (κ1) is 16.6. The Balaban J connectivity index is 2.21. The second-order valence-corrected chi connectivity index (χ2v) is 5.72. The number of ether oxygens (including phenoxy) is 4. The molecular weight excluding hydrogens is 276 g/mol. The van der Waals surface area contributed by atoms with Gasteiger partial charge in [0.05, 0.1) is 13.2 Å². The summed E-state index contributed by atoms with van der Waals surface area (Å²) in [6, 6.07) is 0. The van der Waals surface area contributed by atoms with Gasteiger partial charge >= 0.3 is 0 Å². The van der Waals surface area contributed by atoms with E-state index in [1.54, 1.807) is 26.0 Å². The maximum Gasteiger partial charge on any atom is 0.164 e. The summed E-state index contributed by atoms with van der Waals surface area (Å²) in [6.45, 7) is 11.2. The van der Waals surface area contributed by atoms with E-state index in [4.69, 9.17) is 18.9 Å². The molecule has 2 aliphatic rings. The van der Waals surface area contributed by atoms with Crippen LogP contribution >= 0.6 is 0 Å². The Labute approximate surface area is 125 Å². The van der Waals surface area contributed by atoms with E-state index in [1.165, 1.54) is 0 Å². The Morgan fingerprint density at radius 2 is 1.33 bits per heavy atom. The van der Waals surface area contributed by atoms with Crippen LogP contribution in [0.15, 0.2) is 25.3 Å². The predicted molar refractivity (Wildman–Crippen MR) is 75.7 cm³/mol. The Hall–Kier alpha value is -0.760. The summed E-state index contributed by atoms with van der Waals surface area (Å²) in [5, 5.41) is 20.6. The van der Waals surface area contributed by atoms with Crippen LogP contribution in [0.1, 0.15) is 13.8 Å². The van der Waals surface area contributed by atoms with Gasteiger partial charge in [0.25, 0.3) is 0 Å². The minimum absolute atomic E-state index is 0.250. The summed E-state index contributed by atoms with van der Waals surface area (Å²) in [7, 11) is 0. The van der Waals surface area contributed by atoms with E-state index in [2.05, 4.69) is 13.2 Å². The van der Waals surface area contributed by atoms with Crippen molar-refractivity contribution in [1.29, 1.82) is 0 Å². The summed E-state index contributed by atoms with van der Waals surface area (Å²) < 4.78 is 22.8. The average molecular weight is 300 g/mol. The van der Waals surface area contributed by atoms with Gasteiger partial charge in [-0.25, -0.2) is 0 Å². The molecule has 0 aromatic carbocycles. The highest BCUT2D eigenvalue weighted by Crippen LogP contribution is 2.39. The van der Waals surface area contributed by atoms with Gasteiger partial charge in [0, 0.05) is 0 Å². The van der Waals surface area contributed by atoms with Gasteiger partial charge in [-0.3, -0.25) is 0 Å². The molecule has 0 amide bonds. The van der Waals surface area contributed by atoms with Gasteiger partial charge in [-0.2, -0.15) is 0 Å². The lowest BCUT2D eigenvalue weighted by atomic mass is 9.84. The van der Waals surface area contributed by atoms with E-state index >= 15 is 0 Å². The standard InChI is InChI=1S/C15H24O6/c1-5-7-18-11-9(16)10(17)12(19-8-6-2)14-13(11)20-15(3,4)21-14/h5-6,9-14,16-17H,1-2,7-8H2,3-4H3/t9-,10-,11+,12+,13-,14+/m1/s1. The van der Waals surface area contributed by atoms with Crippen molar-refractivity contribution in [2.75, 3.05) is 13.2 Å². The summed E-state index contributed by atoms with van der Waals surface area (Å²) in [6.07, 6.45) is -1.54. The molecule has 6 atom stereocenters. The van der Waals surface area contributed by atoms with E-state index < -0.39 is 42.4 Å². The van der Waals surface area contributed by atoms with E-state index in [0.717, 1.165) is 0 Å². The average Bonchev–Trinajstić information content (AvgIpc) is 2.74. The molecule has 6 heteroatoms. The first-order chi connectivity index (χ1) is 9.91. The van der Waals surface area contributed by atoms with Gasteiger partial charge in [0.15, 0.2) is 5.79 Å². The van der Waals surface area contributed by atoms with Gasteiger partial charge in [0.2, 0.25) is 0 Å². The SMILES string of the molecule is C=CCO[C@H]1[C@H](O)[C@@H](O)[C@H](OCC=C)[C@H]2OC(C)(C)O[C@H]21. The summed E-state index contributed by atoms with van der Waals surface area (Å²) in [5.41, 5.74) is 0. The van der Waals surface area contributed by atoms with Gasteiger partial charge < -0.3 is 29.2 Å². The third-order valence-corrected chi connectivity index (χ3v) is 3.65. The zero-order chi connectivity index (χ0) is 15.6. The van der Waals surface area contributed by atoms with Gasteiger partial charge in [-0.05, 0) is 13.8 Å². The maximum absolute atomic E-state index is 10.3. The minimum Gasteiger partial charge on any atom is -0.387 e. The third kappa shape index (κ3) is 3.36. The van der Waals surface area contributed by atoms with Crippen LogP contribution in [-0.2, 0) is 18.9 Å². The molecule has 1 aliphatic carbocycles. The zero-order valence-corrected chi connectivity index (χ0v) is 12.5. The molecule has 1 heterocycles. The van der Waals surface area contributed by atoms with Crippen LogP contribution in [0.4, 0.5) is 0 Å². The van der Waals surface area contributed by atoms with Gasteiger partial charge in [0.1, 0.15) is 36.6 Å². The second kappa shape index (κ2) is 6.56. The topological polar surface area (TPSA) is 77.4 Å². The Morgan fingerprint density at radius 3 is 1.67 bits per heavy atom. The lowest BCUT2D eigenvalue weighted by Crippen LogP contribution is -2.64. The summed E-state index contributed by atoms with van der Waals surface area (Å²) in [4.78, 5) is 0. The fourth-order valence-electron chi connectivity index (χ4n) is 2.85. The van der Waals surface area contributed by atoms with Crippen molar-refractivity contribution in [2.24, 2.45) is 0 Å². The lowest BCUT2D eigenvalue weighted by molar-refractivity contribution is -0.214. The molecule has 1 aliphatic heterocycles. The largest absolute Gasteiger partial charge is 0.387 e. The van der Waals surface area contributed by atoms with Crippen LogP contribution in [0.3, 0.4) is 0 Å². The molecule has 2 N–H and O–H groups in total. The molecule has 0 spiro atoms. The van der Waals surface area contributed by atoms with Crippen molar-refractivity contribution in [1.82, 2.24) is 0 Å². The van der Waals surface area contributed by atoms with Crippen LogP contribution in [0.25, 0.3) is 0 Å². The molecule has 120 valence electrons. The molecule has 2 fully saturated rings. The number of hydrogen-bond donors (Lipinski definition) is 2. The first-order valence-electron chi connectivity index (χ1n) is 7.08. The van der Waals surface area contributed by atoms with Crippen LogP contribution in [0.2, 0.25) is 0 Å². The highest BCUT2D eigenvalue weighted by molar-refractivity contribution is 5.05. The minimum atomic E-state index is -1.13. The molecule has 2 rings (SSSR count). The molecule has 1 saturated carbocycles. The second-order valence-electron chi connectivity index (χ2n) is 5.72. The molecule has 6 nitrogen and oxygen atoms in total. The first-order valence-corrected chi connectivity index (χ1v) is 7.08. The van der Waals surface area contributed by atoms with Crippen molar-refractivity contribution in [2.45, 2.75) is 56.3 Å². The predicted octanol–water partition coefficient (Wildman–Crippen LogP) is 0.384. The Morgan fingerprint density at radius 1 is 0.952 bits per heavy atom. The van der Waals surface area contributed by atoms with Crippen molar-refractivity contribution < 1.29 is 29.2 Å². The van der Waals surface area contributed by atoms with Gasteiger partial charge in [-0.15, -0.1) is 13.2 Å². The van der Waals surface area contributed by atoms with Crippen LogP contribution in [0, 0.1) is 0 Å². The molecular formula is C15H24O6. The van der Waals surface area contributed by atoms with Crippen molar-refractivity contribution in [3.05, 3.63) is 25.3 Å². The molecule has 0 unspecified atom stereocenters. The lowest BCUT2D eigenvalue weighted by Gasteiger charge is -2.42. The number of hydrogen-bond acceptors (Lipinski definition) is 6. The number of aliphatic hydroxyl groups excluding tert-OH is 2. The molecule has 0 aromatic heterocycles. The molecule has 21 heavy (non-hydrogen) atoms. The van der Waals surface area contributed by atoms with E-state index in [0.29, 0.717) is 0 Å². The number of fused-ring (bicyclic) bond motifs is 1. The van der Waals surface area contributed by atoms with Gasteiger partial charge in [-0.1, -0.05) is 12.2 Å². The van der Waals surface area contributed by atoms with Crippen molar-refractivity contribution in [3.8, 4) is 0 Å². The number of aliphatic hydroxyl groups is 2. The van der Waals surface area contributed by atoms with Crippen molar-refractivity contribution >= 4 is 0 Å². The number of rotatable bonds is 6. The third-order valence-electron chi connectivity index (χ3n) is 3.65. The van der Waals surface area contributed by atoms with Crippen LogP contribution < -0.4 is 0 Å². The molecule has 0 radical (unpaired) electrons. The highest BCUT2D eigenvalue weighted by Gasteiger charge is 2.58. The van der Waals surface area contributed by atoms with E-state index in [9.17, 15) is 10.2 Å². The molecule has 1 saturated heterocycles. The molecule has 0 aromatic rings. The zero-order valence-electron chi connectivity index (χ0n) is 12.5. The quantitative estimate of drug-likeness (QED) is 0.691. The fourth-order valence-corrected chi connectivity index (χ4v) is 2.85. The summed E-state index contributed by atoms with van der Waals surface area (Å²) >= 11 is 0. The van der Waals surface area contributed by atoms with E-state index in [-0.39, 0.29) is 13.2 Å². The smallest absolute Gasteiger partial charge is 0.164 e. The Kier molecular flexibility index (Phi) is 5.19. The normalized spacial score (nSPS) is 41.5. The van der Waals surface area contributed by atoms with Crippen LogP contribution in [-0.4, -0.2) is 65.8 Å². The van der Waals surface area contributed by atoms with Crippen LogP contribution in [0.5, 0.6) is 0 Å². The fraction of sp³-hybridized carbons (Fsp3) is 0.733. The van der Waals surface area contributed by atoms with Crippen molar-refractivity contribution in [3.63, 3.8) is 0 Å². The Bertz CT molecular complexity index is 348. The maximum atomic E-state index is 10.3. The van der Waals surface area contributed by atoms with E-state index in [1.807, 2.05) is 0 Å².